The van der Waals surface area contributed by atoms with Gasteiger partial charge in [0.05, 0.1) is 5.69 Å². The van der Waals surface area contributed by atoms with E-state index in [0.717, 1.165) is 5.69 Å². The van der Waals surface area contributed by atoms with Gasteiger partial charge in [-0.15, -0.1) is 0 Å². The number of rotatable bonds is 5. The lowest BCUT2D eigenvalue weighted by atomic mass is 10.1. The van der Waals surface area contributed by atoms with Gasteiger partial charge in [0, 0.05) is 23.8 Å². The number of hydrogen-bond donors (Lipinski definition) is 1. The van der Waals surface area contributed by atoms with Crippen LogP contribution >= 0.6 is 0 Å². The second-order valence-electron chi connectivity index (χ2n) is 5.14. The molecule has 2 aromatic rings. The second kappa shape index (κ2) is 6.05. The van der Waals surface area contributed by atoms with Gasteiger partial charge in [-0.3, -0.25) is 4.68 Å². The molecule has 2 rings (SSSR count). The van der Waals surface area contributed by atoms with Crippen molar-refractivity contribution in [3.63, 3.8) is 0 Å². The third kappa shape index (κ3) is 3.36. The molecule has 0 bridgehead atoms. The zero-order chi connectivity index (χ0) is 14.7. The van der Waals surface area contributed by atoms with E-state index in [2.05, 4.69) is 18.9 Å². The normalized spacial score (nSPS) is 12.7. The summed E-state index contributed by atoms with van der Waals surface area (Å²) in [7, 11) is 0. The maximum atomic E-state index is 13.2. The minimum absolute atomic E-state index is 0.283. The monoisotopic (exact) mass is 277 g/mol. The summed E-state index contributed by atoms with van der Waals surface area (Å²) in [6.07, 6.45) is 1.92. The molecule has 4 nitrogen and oxygen atoms in total. The van der Waals surface area contributed by atoms with Crippen LogP contribution < -0.4 is 10.5 Å². The largest absolute Gasteiger partial charge is 0.487 e. The lowest BCUT2D eigenvalue weighted by molar-refractivity contribution is 0.293. The van der Waals surface area contributed by atoms with Crippen molar-refractivity contribution in [2.45, 2.75) is 39.5 Å². The fourth-order valence-electron chi connectivity index (χ4n) is 1.90. The van der Waals surface area contributed by atoms with Gasteiger partial charge in [-0.2, -0.15) is 5.10 Å². The average Bonchev–Trinajstić information content (AvgIpc) is 2.86. The van der Waals surface area contributed by atoms with Crippen LogP contribution in [0.25, 0.3) is 0 Å². The van der Waals surface area contributed by atoms with Crippen molar-refractivity contribution >= 4 is 0 Å². The first kappa shape index (κ1) is 14.5. The van der Waals surface area contributed by atoms with Crippen LogP contribution in [0.3, 0.4) is 0 Å². The van der Waals surface area contributed by atoms with Gasteiger partial charge in [-0.05, 0) is 45.0 Å². The predicted molar refractivity (Wildman–Crippen MR) is 75.9 cm³/mol. The minimum Gasteiger partial charge on any atom is -0.487 e. The fraction of sp³-hybridized carbons (Fsp3) is 0.400. The smallest absolute Gasteiger partial charge is 0.132 e. The van der Waals surface area contributed by atoms with E-state index in [1.54, 1.807) is 13.0 Å². The van der Waals surface area contributed by atoms with Crippen LogP contribution in [0.5, 0.6) is 5.75 Å². The van der Waals surface area contributed by atoms with E-state index in [-0.39, 0.29) is 11.9 Å². The first-order chi connectivity index (χ1) is 9.47. The summed E-state index contributed by atoms with van der Waals surface area (Å²) in [4.78, 5) is 0. The highest BCUT2D eigenvalue weighted by molar-refractivity contribution is 5.36. The van der Waals surface area contributed by atoms with Gasteiger partial charge >= 0.3 is 0 Å². The van der Waals surface area contributed by atoms with Crippen molar-refractivity contribution in [1.29, 1.82) is 0 Å². The van der Waals surface area contributed by atoms with Gasteiger partial charge in [0.25, 0.3) is 0 Å². The zero-order valence-electron chi connectivity index (χ0n) is 12.0. The van der Waals surface area contributed by atoms with E-state index in [1.807, 2.05) is 16.9 Å². The number of nitrogens with zero attached hydrogens (tertiary/aromatic N) is 2. The molecule has 0 amide bonds. The van der Waals surface area contributed by atoms with Crippen LogP contribution in [0.4, 0.5) is 4.39 Å². The van der Waals surface area contributed by atoms with E-state index >= 15 is 0 Å². The van der Waals surface area contributed by atoms with Crippen molar-refractivity contribution in [1.82, 2.24) is 9.78 Å². The first-order valence-corrected chi connectivity index (χ1v) is 6.69. The molecule has 108 valence electrons. The topological polar surface area (TPSA) is 53.1 Å². The number of aromatic nitrogens is 2. The molecule has 0 radical (unpaired) electrons. The third-order valence-corrected chi connectivity index (χ3v) is 3.03. The number of benzene rings is 1. The van der Waals surface area contributed by atoms with Crippen molar-refractivity contribution in [2.75, 3.05) is 0 Å². The van der Waals surface area contributed by atoms with Gasteiger partial charge in [0.15, 0.2) is 0 Å². The van der Waals surface area contributed by atoms with Crippen LogP contribution in [0.2, 0.25) is 0 Å². The number of nitrogens with two attached hydrogens (primary N) is 1. The summed E-state index contributed by atoms with van der Waals surface area (Å²) >= 11 is 0. The van der Waals surface area contributed by atoms with Gasteiger partial charge in [-0.25, -0.2) is 4.39 Å². The highest BCUT2D eigenvalue weighted by Crippen LogP contribution is 2.25. The maximum absolute atomic E-state index is 13.2. The van der Waals surface area contributed by atoms with E-state index < -0.39 is 0 Å². The molecule has 0 spiro atoms. The Morgan fingerprint density at radius 1 is 1.30 bits per heavy atom. The molecule has 1 aromatic heterocycles. The third-order valence-electron chi connectivity index (χ3n) is 3.03. The Kier molecular flexibility index (Phi) is 4.39. The van der Waals surface area contributed by atoms with Gasteiger partial charge < -0.3 is 10.5 Å². The Morgan fingerprint density at radius 2 is 2.05 bits per heavy atom. The quantitative estimate of drug-likeness (QED) is 0.913. The lowest BCUT2D eigenvalue weighted by Gasteiger charge is -2.13. The second-order valence-corrected chi connectivity index (χ2v) is 5.14. The van der Waals surface area contributed by atoms with Crippen LogP contribution in [-0.4, -0.2) is 9.78 Å². The van der Waals surface area contributed by atoms with Gasteiger partial charge in [-0.1, -0.05) is 0 Å². The number of halogens is 1. The molecule has 0 saturated carbocycles. The summed E-state index contributed by atoms with van der Waals surface area (Å²) < 4.78 is 20.8. The Bertz CT molecular complexity index is 578. The van der Waals surface area contributed by atoms with E-state index in [4.69, 9.17) is 10.5 Å². The number of hydrogen-bond acceptors (Lipinski definition) is 3. The lowest BCUT2D eigenvalue weighted by Crippen LogP contribution is -2.09. The van der Waals surface area contributed by atoms with E-state index in [9.17, 15) is 4.39 Å². The first-order valence-electron chi connectivity index (χ1n) is 6.69. The Labute approximate surface area is 118 Å². The molecule has 0 fully saturated rings. The van der Waals surface area contributed by atoms with Crippen LogP contribution in [0.1, 0.15) is 44.1 Å². The summed E-state index contributed by atoms with van der Waals surface area (Å²) in [6.45, 7) is 6.26. The zero-order valence-corrected chi connectivity index (χ0v) is 12.0. The predicted octanol–water partition coefficient (Wildman–Crippen LogP) is 3.20. The molecule has 1 atom stereocenters. The number of ether oxygens (including phenoxy) is 1. The molecular formula is C15H20FN3O. The molecule has 0 unspecified atom stereocenters. The SMILES string of the molecule is CC(C)n1ccc(COc2ccc(F)cc2[C@@H](C)N)n1. The molecule has 0 aliphatic rings. The molecule has 1 heterocycles. The molecule has 0 saturated heterocycles. The molecule has 1 aromatic carbocycles. The summed E-state index contributed by atoms with van der Waals surface area (Å²) in [6, 6.07) is 6.33. The highest BCUT2D eigenvalue weighted by atomic mass is 19.1. The van der Waals surface area contributed by atoms with Crippen molar-refractivity contribution in [2.24, 2.45) is 5.73 Å². The van der Waals surface area contributed by atoms with Crippen LogP contribution in [-0.2, 0) is 6.61 Å². The van der Waals surface area contributed by atoms with E-state index in [1.165, 1.54) is 12.1 Å². The van der Waals surface area contributed by atoms with Crippen molar-refractivity contribution in [3.8, 4) is 5.75 Å². The highest BCUT2D eigenvalue weighted by Gasteiger charge is 2.10. The van der Waals surface area contributed by atoms with Crippen molar-refractivity contribution in [3.05, 3.63) is 47.5 Å². The minimum atomic E-state index is -0.311. The molecule has 20 heavy (non-hydrogen) atoms. The Morgan fingerprint density at radius 3 is 2.65 bits per heavy atom. The fourth-order valence-corrected chi connectivity index (χ4v) is 1.90. The molecule has 5 heteroatoms. The summed E-state index contributed by atoms with van der Waals surface area (Å²) in [5.74, 6) is 0.286. The standard InChI is InChI=1S/C15H20FN3O/c1-10(2)19-7-6-13(18-19)9-20-15-5-4-12(16)8-14(15)11(3)17/h4-8,10-11H,9,17H2,1-3H3/t11-/m1/s1. The molecule has 0 aliphatic carbocycles. The van der Waals surface area contributed by atoms with E-state index in [0.29, 0.717) is 24.0 Å². The summed E-state index contributed by atoms with van der Waals surface area (Å²) in [5.41, 5.74) is 7.32. The van der Waals surface area contributed by atoms with Gasteiger partial charge in [0.1, 0.15) is 18.2 Å². The summed E-state index contributed by atoms with van der Waals surface area (Å²) in [5, 5.41) is 4.40. The van der Waals surface area contributed by atoms with Crippen molar-refractivity contribution < 1.29 is 9.13 Å². The average molecular weight is 277 g/mol. The Hall–Kier alpha value is -1.88. The maximum Gasteiger partial charge on any atom is 0.132 e. The van der Waals surface area contributed by atoms with Crippen LogP contribution in [0.15, 0.2) is 30.5 Å². The van der Waals surface area contributed by atoms with Crippen LogP contribution in [0, 0.1) is 5.82 Å². The molecule has 0 aliphatic heterocycles. The molecule has 2 N–H and O–H groups in total. The Balaban J connectivity index is 2.10. The molecular weight excluding hydrogens is 257 g/mol. The van der Waals surface area contributed by atoms with Gasteiger partial charge in [0.2, 0.25) is 0 Å².